The maximum absolute atomic E-state index is 12.8. The third-order valence-electron chi connectivity index (χ3n) is 6.79. The first-order valence-corrected chi connectivity index (χ1v) is 12.3. The number of aromatic nitrogens is 1. The topological polar surface area (TPSA) is 39.7 Å². The number of nitrogens with zero attached hydrogens (tertiary/aromatic N) is 4. The highest BCUT2D eigenvalue weighted by atomic mass is 32.1. The number of benzene rings is 3. The molecule has 5 nitrogen and oxygen atoms in total. The van der Waals surface area contributed by atoms with Crippen LogP contribution in [-0.2, 0) is 13.0 Å². The van der Waals surface area contributed by atoms with Gasteiger partial charge in [-0.25, -0.2) is 0 Å². The van der Waals surface area contributed by atoms with Crippen molar-refractivity contribution in [2.75, 3.05) is 42.5 Å². The molecule has 4 aromatic rings. The number of carbonyl (C=O) groups is 1. The summed E-state index contributed by atoms with van der Waals surface area (Å²) in [5, 5.41) is 1.27. The third kappa shape index (κ3) is 3.90. The number of fused-ring (bicyclic) bond motifs is 2. The maximum atomic E-state index is 12.8. The van der Waals surface area contributed by atoms with Gasteiger partial charge in [-0.15, -0.1) is 0 Å². The predicted octanol–water partition coefficient (Wildman–Crippen LogP) is 4.82. The van der Waals surface area contributed by atoms with Crippen molar-refractivity contribution in [2.24, 2.45) is 0 Å². The fourth-order valence-corrected chi connectivity index (χ4v) is 5.71. The molecule has 0 unspecified atom stereocenters. The van der Waals surface area contributed by atoms with E-state index in [2.05, 4.69) is 52.3 Å². The van der Waals surface area contributed by atoms with E-state index in [-0.39, 0.29) is 5.91 Å². The second-order valence-electron chi connectivity index (χ2n) is 8.80. The second kappa shape index (κ2) is 8.61. The molecule has 0 bridgehead atoms. The van der Waals surface area contributed by atoms with Gasteiger partial charge in [-0.2, -0.15) is 4.37 Å². The van der Waals surface area contributed by atoms with E-state index < -0.39 is 0 Å². The Balaban J connectivity index is 1.07. The first-order valence-electron chi connectivity index (χ1n) is 11.6. The SMILES string of the molecule is O=C1c2ccccc2CN1c1cccc(CCN2CCN(c3nsc4ccccc34)CC2)c1. The quantitative estimate of drug-likeness (QED) is 0.433. The molecule has 2 aliphatic rings. The smallest absolute Gasteiger partial charge is 0.258 e. The van der Waals surface area contributed by atoms with Crippen LogP contribution in [0.5, 0.6) is 0 Å². The van der Waals surface area contributed by atoms with Crippen molar-refractivity contribution in [3.63, 3.8) is 0 Å². The summed E-state index contributed by atoms with van der Waals surface area (Å²) in [4.78, 5) is 19.7. The minimum Gasteiger partial charge on any atom is -0.353 e. The molecule has 0 N–H and O–H groups in total. The molecule has 0 spiro atoms. The Kier molecular flexibility index (Phi) is 5.32. The molecular formula is C27H26N4OS. The standard InChI is InChI=1S/C27H26N4OS/c32-27-23-9-2-1-7-21(23)19-31(27)22-8-5-6-20(18-22)12-13-29-14-16-30(17-15-29)26-24-10-3-4-11-25(24)33-28-26/h1-11,18H,12-17,19H2. The van der Waals surface area contributed by atoms with Gasteiger partial charge in [0.05, 0.1) is 11.2 Å². The Morgan fingerprint density at radius 2 is 1.70 bits per heavy atom. The summed E-state index contributed by atoms with van der Waals surface area (Å²) < 4.78 is 5.98. The van der Waals surface area contributed by atoms with Gasteiger partial charge >= 0.3 is 0 Å². The molecule has 2 aliphatic heterocycles. The molecule has 3 heterocycles. The monoisotopic (exact) mass is 454 g/mol. The summed E-state index contributed by atoms with van der Waals surface area (Å²) in [6, 6.07) is 24.9. The van der Waals surface area contributed by atoms with Crippen molar-refractivity contribution in [1.29, 1.82) is 0 Å². The minimum absolute atomic E-state index is 0.105. The molecule has 1 aromatic heterocycles. The van der Waals surface area contributed by atoms with Crippen molar-refractivity contribution in [3.05, 3.63) is 89.5 Å². The Hall–Kier alpha value is -3.22. The van der Waals surface area contributed by atoms with Crippen LogP contribution in [0.25, 0.3) is 10.1 Å². The predicted molar refractivity (Wildman–Crippen MR) is 135 cm³/mol. The highest BCUT2D eigenvalue weighted by molar-refractivity contribution is 7.13. The van der Waals surface area contributed by atoms with E-state index in [4.69, 9.17) is 4.37 Å². The number of amides is 1. The van der Waals surface area contributed by atoms with Gasteiger partial charge in [0.25, 0.3) is 5.91 Å². The molecule has 166 valence electrons. The lowest BCUT2D eigenvalue weighted by atomic mass is 10.1. The summed E-state index contributed by atoms with van der Waals surface area (Å²) in [6.07, 6.45) is 0.989. The lowest BCUT2D eigenvalue weighted by Crippen LogP contribution is -2.47. The van der Waals surface area contributed by atoms with Crippen LogP contribution >= 0.6 is 11.5 Å². The summed E-state index contributed by atoms with van der Waals surface area (Å²) in [5.41, 5.74) is 4.21. The van der Waals surface area contributed by atoms with Crippen LogP contribution in [0.4, 0.5) is 11.5 Å². The normalized spacial score (nSPS) is 16.5. The van der Waals surface area contributed by atoms with Gasteiger partial charge in [-0.1, -0.05) is 42.5 Å². The summed E-state index contributed by atoms with van der Waals surface area (Å²) in [6.45, 7) is 5.80. The molecule has 0 saturated carbocycles. The van der Waals surface area contributed by atoms with Crippen LogP contribution in [0.2, 0.25) is 0 Å². The fourth-order valence-electron chi connectivity index (χ4n) is 4.91. The van der Waals surface area contributed by atoms with Crippen LogP contribution in [-0.4, -0.2) is 47.9 Å². The zero-order valence-electron chi connectivity index (χ0n) is 18.5. The van der Waals surface area contributed by atoms with E-state index in [1.165, 1.54) is 15.6 Å². The number of hydrogen-bond acceptors (Lipinski definition) is 5. The number of carbonyl (C=O) groups excluding carboxylic acids is 1. The van der Waals surface area contributed by atoms with E-state index in [1.54, 1.807) is 11.5 Å². The zero-order valence-corrected chi connectivity index (χ0v) is 19.3. The summed E-state index contributed by atoms with van der Waals surface area (Å²) >= 11 is 1.59. The van der Waals surface area contributed by atoms with E-state index in [0.29, 0.717) is 6.54 Å². The van der Waals surface area contributed by atoms with Gasteiger partial charge in [-0.3, -0.25) is 9.69 Å². The first kappa shape index (κ1) is 20.4. The Morgan fingerprint density at radius 3 is 2.58 bits per heavy atom. The molecule has 1 fully saturated rings. The van der Waals surface area contributed by atoms with Gasteiger partial charge in [0.2, 0.25) is 0 Å². The van der Waals surface area contributed by atoms with Crippen molar-refractivity contribution in [3.8, 4) is 0 Å². The van der Waals surface area contributed by atoms with Crippen molar-refractivity contribution in [2.45, 2.75) is 13.0 Å². The van der Waals surface area contributed by atoms with Gasteiger partial charge in [0.15, 0.2) is 0 Å². The van der Waals surface area contributed by atoms with E-state index in [0.717, 1.165) is 61.8 Å². The van der Waals surface area contributed by atoms with Gasteiger partial charge in [-0.05, 0) is 59.4 Å². The van der Waals surface area contributed by atoms with Crippen LogP contribution in [0.15, 0.2) is 72.8 Å². The van der Waals surface area contributed by atoms with Gasteiger partial charge < -0.3 is 9.80 Å². The van der Waals surface area contributed by atoms with E-state index >= 15 is 0 Å². The highest BCUT2D eigenvalue weighted by Crippen LogP contribution is 2.30. The molecule has 0 radical (unpaired) electrons. The summed E-state index contributed by atoms with van der Waals surface area (Å²) in [5.74, 6) is 1.24. The second-order valence-corrected chi connectivity index (χ2v) is 9.60. The lowest BCUT2D eigenvalue weighted by Gasteiger charge is -2.35. The number of piperazine rings is 1. The lowest BCUT2D eigenvalue weighted by molar-refractivity contribution is 0.0996. The van der Waals surface area contributed by atoms with Crippen molar-refractivity contribution >= 4 is 39.0 Å². The zero-order chi connectivity index (χ0) is 22.2. The van der Waals surface area contributed by atoms with Crippen LogP contribution in [0, 0.1) is 0 Å². The van der Waals surface area contributed by atoms with Crippen LogP contribution in [0.3, 0.4) is 0 Å². The highest BCUT2D eigenvalue weighted by Gasteiger charge is 2.28. The molecule has 0 aliphatic carbocycles. The largest absolute Gasteiger partial charge is 0.353 e. The summed E-state index contributed by atoms with van der Waals surface area (Å²) in [7, 11) is 0. The average molecular weight is 455 g/mol. The molecule has 6 rings (SSSR count). The minimum atomic E-state index is 0.105. The average Bonchev–Trinajstić information content (AvgIpc) is 3.45. The molecule has 6 heteroatoms. The van der Waals surface area contributed by atoms with Crippen molar-refractivity contribution < 1.29 is 4.79 Å². The molecule has 1 amide bonds. The Labute approximate surface area is 198 Å². The maximum Gasteiger partial charge on any atom is 0.258 e. The number of rotatable bonds is 5. The molecular weight excluding hydrogens is 428 g/mol. The van der Waals surface area contributed by atoms with E-state index in [9.17, 15) is 4.79 Å². The molecule has 1 saturated heterocycles. The van der Waals surface area contributed by atoms with Crippen molar-refractivity contribution in [1.82, 2.24) is 9.27 Å². The van der Waals surface area contributed by atoms with Crippen LogP contribution < -0.4 is 9.80 Å². The first-order chi connectivity index (χ1) is 16.3. The number of anilines is 2. The number of hydrogen-bond donors (Lipinski definition) is 0. The Morgan fingerprint density at radius 1 is 0.879 bits per heavy atom. The van der Waals surface area contributed by atoms with E-state index in [1.807, 2.05) is 35.2 Å². The molecule has 3 aromatic carbocycles. The van der Waals surface area contributed by atoms with Gasteiger partial charge in [0.1, 0.15) is 5.82 Å². The van der Waals surface area contributed by atoms with Gasteiger partial charge in [0, 0.05) is 49.4 Å². The Bertz CT molecular complexity index is 1310. The third-order valence-corrected chi connectivity index (χ3v) is 7.61. The fraction of sp³-hybridized carbons (Fsp3) is 0.259. The van der Waals surface area contributed by atoms with Crippen LogP contribution in [0.1, 0.15) is 21.5 Å². The molecule has 33 heavy (non-hydrogen) atoms. The molecule has 0 atom stereocenters.